The molecule has 0 saturated carbocycles. The van der Waals surface area contributed by atoms with Gasteiger partial charge in [0.2, 0.25) is 5.91 Å². The Hall–Kier alpha value is -2.56. The molecule has 0 bridgehead atoms. The molecule has 0 aliphatic carbocycles. The molecule has 0 fully saturated rings. The van der Waals surface area contributed by atoms with Crippen LogP contribution in [-0.4, -0.2) is 24.9 Å². The predicted molar refractivity (Wildman–Crippen MR) is 78.9 cm³/mol. The first-order valence-electron chi connectivity index (χ1n) is 6.79. The van der Waals surface area contributed by atoms with Crippen LogP contribution in [0.15, 0.2) is 47.1 Å². The van der Waals surface area contributed by atoms with Crippen LogP contribution in [0, 0.1) is 6.92 Å². The van der Waals surface area contributed by atoms with Gasteiger partial charge in [-0.25, -0.2) is 0 Å². The first-order chi connectivity index (χ1) is 10.1. The third-order valence-corrected chi connectivity index (χ3v) is 2.96. The average molecular weight is 286 g/mol. The molecule has 0 atom stereocenters. The Morgan fingerprint density at radius 1 is 1.05 bits per heavy atom. The molecule has 2 amide bonds. The number of carbonyl (C=O) groups excluding carboxylic acids is 2. The molecule has 0 radical (unpaired) electrons. The van der Waals surface area contributed by atoms with Gasteiger partial charge >= 0.3 is 0 Å². The van der Waals surface area contributed by atoms with Crippen molar-refractivity contribution in [3.05, 3.63) is 59.5 Å². The molecule has 1 aromatic carbocycles. The van der Waals surface area contributed by atoms with E-state index in [9.17, 15) is 9.59 Å². The molecule has 0 saturated heterocycles. The van der Waals surface area contributed by atoms with Gasteiger partial charge in [-0.3, -0.25) is 9.59 Å². The molecule has 2 aromatic rings. The molecular formula is C16H18N2O3. The lowest BCUT2D eigenvalue weighted by atomic mass is 10.1. The summed E-state index contributed by atoms with van der Waals surface area (Å²) in [5, 5.41) is 5.43. The predicted octanol–water partition coefficient (Wildman–Crippen LogP) is 1.68. The number of rotatable bonds is 6. The fraction of sp³-hybridized carbons (Fsp3) is 0.250. The maximum atomic E-state index is 11.7. The van der Waals surface area contributed by atoms with Gasteiger partial charge in [0.25, 0.3) is 5.91 Å². The zero-order chi connectivity index (χ0) is 15.1. The molecule has 1 heterocycles. The molecule has 0 aliphatic rings. The second-order valence-electron chi connectivity index (χ2n) is 4.75. The van der Waals surface area contributed by atoms with Crippen LogP contribution in [0.25, 0.3) is 0 Å². The standard InChI is InChI=1S/C16H18N2O3/c1-12-4-6-13(7-5-12)11-15(19)17-8-9-18-16(20)14-3-2-10-21-14/h2-7,10H,8-9,11H2,1H3,(H,17,19)(H,18,20). The number of amides is 2. The smallest absolute Gasteiger partial charge is 0.287 e. The summed E-state index contributed by atoms with van der Waals surface area (Å²) < 4.78 is 4.96. The quantitative estimate of drug-likeness (QED) is 0.794. The van der Waals surface area contributed by atoms with E-state index in [1.54, 1.807) is 12.1 Å². The van der Waals surface area contributed by atoms with Crippen LogP contribution in [0.3, 0.4) is 0 Å². The lowest BCUT2D eigenvalue weighted by Crippen LogP contribution is -2.35. The minimum atomic E-state index is -0.284. The molecule has 0 spiro atoms. The molecule has 2 N–H and O–H groups in total. The van der Waals surface area contributed by atoms with Crippen molar-refractivity contribution < 1.29 is 14.0 Å². The fourth-order valence-electron chi connectivity index (χ4n) is 1.83. The largest absolute Gasteiger partial charge is 0.459 e. The average Bonchev–Trinajstić information content (AvgIpc) is 3.00. The topological polar surface area (TPSA) is 71.3 Å². The number of benzene rings is 1. The van der Waals surface area contributed by atoms with Crippen molar-refractivity contribution in [2.45, 2.75) is 13.3 Å². The van der Waals surface area contributed by atoms with Crippen LogP contribution in [0.4, 0.5) is 0 Å². The summed E-state index contributed by atoms with van der Waals surface area (Å²) in [7, 11) is 0. The summed E-state index contributed by atoms with van der Waals surface area (Å²) in [4.78, 5) is 23.3. The van der Waals surface area contributed by atoms with E-state index in [2.05, 4.69) is 10.6 Å². The second-order valence-corrected chi connectivity index (χ2v) is 4.75. The van der Waals surface area contributed by atoms with Crippen molar-refractivity contribution >= 4 is 11.8 Å². The van der Waals surface area contributed by atoms with Crippen LogP contribution in [0.1, 0.15) is 21.7 Å². The highest BCUT2D eigenvalue weighted by atomic mass is 16.3. The first kappa shape index (κ1) is 14.8. The molecule has 0 unspecified atom stereocenters. The number of hydrogen-bond acceptors (Lipinski definition) is 3. The molecule has 110 valence electrons. The minimum absolute atomic E-state index is 0.0638. The SMILES string of the molecule is Cc1ccc(CC(=O)NCCNC(=O)c2ccco2)cc1. The Morgan fingerprint density at radius 3 is 2.43 bits per heavy atom. The van der Waals surface area contributed by atoms with Crippen molar-refractivity contribution in [2.75, 3.05) is 13.1 Å². The number of nitrogens with one attached hydrogen (secondary N) is 2. The highest BCUT2D eigenvalue weighted by Gasteiger charge is 2.07. The lowest BCUT2D eigenvalue weighted by Gasteiger charge is -2.06. The van der Waals surface area contributed by atoms with Crippen molar-refractivity contribution in [1.82, 2.24) is 10.6 Å². The Kier molecular flexibility index (Phi) is 5.15. The third-order valence-electron chi connectivity index (χ3n) is 2.96. The number of carbonyl (C=O) groups is 2. The van der Waals surface area contributed by atoms with Gasteiger partial charge < -0.3 is 15.1 Å². The summed E-state index contributed by atoms with van der Waals surface area (Å²) in [5.41, 5.74) is 2.14. The highest BCUT2D eigenvalue weighted by Crippen LogP contribution is 2.03. The van der Waals surface area contributed by atoms with E-state index in [0.717, 1.165) is 5.56 Å². The zero-order valence-electron chi connectivity index (χ0n) is 11.9. The first-order valence-corrected chi connectivity index (χ1v) is 6.79. The minimum Gasteiger partial charge on any atom is -0.459 e. The van der Waals surface area contributed by atoms with Crippen molar-refractivity contribution in [1.29, 1.82) is 0 Å². The van der Waals surface area contributed by atoms with Gasteiger partial charge in [0.1, 0.15) is 0 Å². The fourth-order valence-corrected chi connectivity index (χ4v) is 1.83. The van der Waals surface area contributed by atoms with Crippen LogP contribution in [0.5, 0.6) is 0 Å². The van der Waals surface area contributed by atoms with Gasteiger partial charge in [-0.05, 0) is 24.6 Å². The third kappa shape index (κ3) is 4.80. The molecule has 21 heavy (non-hydrogen) atoms. The van der Waals surface area contributed by atoms with Crippen molar-refractivity contribution in [3.63, 3.8) is 0 Å². The zero-order valence-corrected chi connectivity index (χ0v) is 11.9. The summed E-state index contributed by atoms with van der Waals surface area (Å²) in [6.07, 6.45) is 1.78. The van der Waals surface area contributed by atoms with Gasteiger partial charge in [0, 0.05) is 13.1 Å². The Morgan fingerprint density at radius 2 is 1.76 bits per heavy atom. The molecule has 2 rings (SSSR count). The summed E-state index contributed by atoms with van der Waals surface area (Å²) in [5.74, 6) is -0.0835. The molecule has 0 aliphatic heterocycles. The van der Waals surface area contributed by atoms with E-state index >= 15 is 0 Å². The monoisotopic (exact) mass is 286 g/mol. The number of hydrogen-bond donors (Lipinski definition) is 2. The Balaban J connectivity index is 1.65. The van der Waals surface area contributed by atoms with Crippen LogP contribution >= 0.6 is 0 Å². The molecule has 5 heteroatoms. The molecule has 5 nitrogen and oxygen atoms in total. The molecular weight excluding hydrogens is 268 g/mol. The van der Waals surface area contributed by atoms with Gasteiger partial charge in [0.05, 0.1) is 12.7 Å². The van der Waals surface area contributed by atoms with E-state index in [4.69, 9.17) is 4.42 Å². The highest BCUT2D eigenvalue weighted by molar-refractivity contribution is 5.91. The number of furan rings is 1. The molecule has 1 aromatic heterocycles. The summed E-state index contributed by atoms with van der Waals surface area (Å²) in [6.45, 7) is 2.75. The van der Waals surface area contributed by atoms with Crippen molar-refractivity contribution in [3.8, 4) is 0 Å². The second kappa shape index (κ2) is 7.28. The summed E-state index contributed by atoms with van der Waals surface area (Å²) >= 11 is 0. The Labute approximate surface area is 123 Å². The van der Waals surface area contributed by atoms with Crippen LogP contribution in [0.2, 0.25) is 0 Å². The van der Waals surface area contributed by atoms with E-state index in [0.29, 0.717) is 19.5 Å². The van der Waals surface area contributed by atoms with E-state index in [1.807, 2.05) is 31.2 Å². The van der Waals surface area contributed by atoms with Crippen LogP contribution < -0.4 is 10.6 Å². The van der Waals surface area contributed by atoms with Crippen molar-refractivity contribution in [2.24, 2.45) is 0 Å². The van der Waals surface area contributed by atoms with E-state index in [1.165, 1.54) is 11.8 Å². The van der Waals surface area contributed by atoms with Gasteiger partial charge in [-0.1, -0.05) is 29.8 Å². The summed E-state index contributed by atoms with van der Waals surface area (Å²) in [6, 6.07) is 11.1. The van der Waals surface area contributed by atoms with Gasteiger partial charge in [-0.15, -0.1) is 0 Å². The maximum Gasteiger partial charge on any atom is 0.287 e. The van der Waals surface area contributed by atoms with E-state index < -0.39 is 0 Å². The van der Waals surface area contributed by atoms with E-state index in [-0.39, 0.29) is 17.6 Å². The Bertz CT molecular complexity index is 588. The normalized spacial score (nSPS) is 10.1. The van der Waals surface area contributed by atoms with Gasteiger partial charge in [0.15, 0.2) is 5.76 Å². The maximum absolute atomic E-state index is 11.7. The van der Waals surface area contributed by atoms with Gasteiger partial charge in [-0.2, -0.15) is 0 Å². The number of aryl methyl sites for hydroxylation is 1. The van der Waals surface area contributed by atoms with Crippen LogP contribution in [-0.2, 0) is 11.2 Å². The lowest BCUT2D eigenvalue weighted by molar-refractivity contribution is -0.120.